The van der Waals surface area contributed by atoms with Crippen LogP contribution in [0.4, 0.5) is 0 Å². The lowest BCUT2D eigenvalue weighted by Gasteiger charge is -2.29. The molecular formula is C50H60N2O4. The molecule has 2 aliphatic heterocycles. The zero-order valence-corrected chi connectivity index (χ0v) is 36.0. The van der Waals surface area contributed by atoms with Crippen molar-refractivity contribution in [3.8, 4) is 11.5 Å². The predicted octanol–water partition coefficient (Wildman–Crippen LogP) is 11.1. The van der Waals surface area contributed by atoms with E-state index in [2.05, 4.69) is 119 Å². The van der Waals surface area contributed by atoms with Crippen molar-refractivity contribution >= 4 is 23.2 Å². The standard InChI is InChI=1S/C50H60N2O4/c1-47(2,3)35-21-31(22-36(27-35)48(4,5)6)29-51-43(33-17-15-19-39(25-33)55-13)41-42(45(51)53)44(34-18-16-20-40(26-34)56-14)52(46(41)54)30-32-23-37(49(7,8)9)28-38(24-32)50(10,11)12/h15-28H,29-30H2,1-14H3. The molecule has 4 aromatic carbocycles. The molecule has 0 unspecified atom stereocenters. The fourth-order valence-electron chi connectivity index (χ4n) is 7.50. The van der Waals surface area contributed by atoms with E-state index in [9.17, 15) is 0 Å². The zero-order chi connectivity index (χ0) is 41.1. The normalized spacial score (nSPS) is 15.3. The number of fused-ring (bicyclic) bond motifs is 1. The van der Waals surface area contributed by atoms with Crippen LogP contribution in [0.2, 0.25) is 0 Å². The van der Waals surface area contributed by atoms with Gasteiger partial charge in [0, 0.05) is 11.1 Å². The molecule has 0 N–H and O–H groups in total. The van der Waals surface area contributed by atoms with E-state index in [4.69, 9.17) is 9.47 Å². The summed E-state index contributed by atoms with van der Waals surface area (Å²) in [4.78, 5) is 34.3. The minimum Gasteiger partial charge on any atom is -0.497 e. The lowest BCUT2D eigenvalue weighted by Crippen LogP contribution is -2.30. The summed E-state index contributed by atoms with van der Waals surface area (Å²) in [5.74, 6) is 0.885. The molecule has 4 aromatic rings. The number of methoxy groups -OCH3 is 2. The number of benzene rings is 4. The molecule has 0 aromatic heterocycles. The van der Waals surface area contributed by atoms with Gasteiger partial charge in [-0.15, -0.1) is 0 Å². The van der Waals surface area contributed by atoms with E-state index in [-0.39, 0.29) is 33.5 Å². The number of amides is 2. The van der Waals surface area contributed by atoms with Crippen LogP contribution in [0, 0.1) is 0 Å². The largest absolute Gasteiger partial charge is 0.497 e. The minimum atomic E-state index is -0.205. The predicted molar refractivity (Wildman–Crippen MR) is 229 cm³/mol. The molecule has 0 fully saturated rings. The van der Waals surface area contributed by atoms with E-state index in [0.717, 1.165) is 22.3 Å². The fourth-order valence-corrected chi connectivity index (χ4v) is 7.50. The number of hydrogen-bond acceptors (Lipinski definition) is 4. The van der Waals surface area contributed by atoms with Crippen LogP contribution in [0.25, 0.3) is 11.4 Å². The Bertz CT molecular complexity index is 2040. The van der Waals surface area contributed by atoms with Gasteiger partial charge in [-0.05, 0) is 79.3 Å². The Balaban J connectivity index is 1.61. The maximum absolute atomic E-state index is 15.3. The van der Waals surface area contributed by atoms with Crippen molar-refractivity contribution in [2.45, 2.75) is 118 Å². The smallest absolute Gasteiger partial charge is 0.261 e. The second-order valence-corrected chi connectivity index (χ2v) is 19.5. The van der Waals surface area contributed by atoms with Crippen LogP contribution in [0.15, 0.2) is 96.1 Å². The summed E-state index contributed by atoms with van der Waals surface area (Å²) < 4.78 is 11.4. The van der Waals surface area contributed by atoms with Gasteiger partial charge in [0.25, 0.3) is 11.8 Å². The van der Waals surface area contributed by atoms with Crippen LogP contribution in [0.3, 0.4) is 0 Å². The van der Waals surface area contributed by atoms with Crippen LogP contribution in [0.5, 0.6) is 11.5 Å². The van der Waals surface area contributed by atoms with Crippen molar-refractivity contribution in [3.05, 3.63) is 141 Å². The fraction of sp³-hybridized carbons (Fsp3) is 0.400. The topological polar surface area (TPSA) is 59.1 Å². The van der Waals surface area contributed by atoms with Crippen LogP contribution in [-0.4, -0.2) is 35.8 Å². The van der Waals surface area contributed by atoms with Gasteiger partial charge in [-0.25, -0.2) is 0 Å². The van der Waals surface area contributed by atoms with Gasteiger partial charge in [-0.2, -0.15) is 0 Å². The summed E-state index contributed by atoms with van der Waals surface area (Å²) in [6, 6.07) is 28.8. The lowest BCUT2D eigenvalue weighted by atomic mass is 9.79. The quantitative estimate of drug-likeness (QED) is 0.180. The van der Waals surface area contributed by atoms with Crippen molar-refractivity contribution < 1.29 is 19.1 Å². The number of ether oxygens (including phenoxy) is 2. The van der Waals surface area contributed by atoms with Crippen LogP contribution < -0.4 is 9.47 Å². The van der Waals surface area contributed by atoms with Crippen LogP contribution in [-0.2, 0) is 44.3 Å². The number of rotatable bonds is 8. The first kappa shape index (κ1) is 40.6. The van der Waals surface area contributed by atoms with Crippen LogP contribution >= 0.6 is 0 Å². The molecule has 2 amide bonds. The van der Waals surface area contributed by atoms with Crippen molar-refractivity contribution in [1.29, 1.82) is 0 Å². The summed E-state index contributed by atoms with van der Waals surface area (Å²) in [5, 5.41) is 0. The molecule has 2 aliphatic rings. The van der Waals surface area contributed by atoms with E-state index in [0.29, 0.717) is 47.1 Å². The number of carbonyl (C=O) groups excluding carboxylic acids is 2. The van der Waals surface area contributed by atoms with Gasteiger partial charge in [0.05, 0.1) is 49.8 Å². The van der Waals surface area contributed by atoms with Gasteiger partial charge in [-0.1, -0.05) is 144 Å². The average molecular weight is 753 g/mol. The van der Waals surface area contributed by atoms with Crippen molar-refractivity contribution in [1.82, 2.24) is 9.80 Å². The average Bonchev–Trinajstić information content (AvgIpc) is 3.56. The second-order valence-electron chi connectivity index (χ2n) is 19.5. The Labute approximate surface area is 335 Å². The highest BCUT2D eigenvalue weighted by atomic mass is 16.5. The van der Waals surface area contributed by atoms with Gasteiger partial charge in [0.2, 0.25) is 0 Å². The molecule has 0 radical (unpaired) electrons. The SMILES string of the molecule is COc1cccc(C2=C3C(=O)N(Cc4cc(C(C)(C)C)cc(C(C)(C)C)c4)C(c4cccc(OC)c4)=C3C(=O)N2Cc2cc(C(C)(C)C)cc(C(C)(C)C)c2)c1. The Morgan fingerprint density at radius 2 is 0.750 bits per heavy atom. The third-order valence-electron chi connectivity index (χ3n) is 11.0. The first-order valence-electron chi connectivity index (χ1n) is 19.7. The summed E-state index contributed by atoms with van der Waals surface area (Å²) >= 11 is 0. The van der Waals surface area contributed by atoms with Gasteiger partial charge >= 0.3 is 0 Å². The number of hydrogen-bond donors (Lipinski definition) is 0. The van der Waals surface area contributed by atoms with E-state index < -0.39 is 0 Å². The molecule has 0 saturated heterocycles. The molecule has 0 spiro atoms. The monoisotopic (exact) mass is 752 g/mol. The lowest BCUT2D eigenvalue weighted by molar-refractivity contribution is -0.124. The Morgan fingerprint density at radius 3 is 1.02 bits per heavy atom. The Hall–Kier alpha value is -5.10. The zero-order valence-electron chi connectivity index (χ0n) is 36.0. The van der Waals surface area contributed by atoms with Gasteiger partial charge in [0.1, 0.15) is 11.5 Å². The Kier molecular flexibility index (Phi) is 10.5. The van der Waals surface area contributed by atoms with Gasteiger partial charge in [0.15, 0.2) is 0 Å². The maximum Gasteiger partial charge on any atom is 0.261 e. The third kappa shape index (κ3) is 7.94. The van der Waals surface area contributed by atoms with Crippen molar-refractivity contribution in [2.24, 2.45) is 0 Å². The molecule has 0 bridgehead atoms. The summed E-state index contributed by atoms with van der Waals surface area (Å²) in [7, 11) is 3.26. The third-order valence-corrected chi connectivity index (χ3v) is 11.0. The Morgan fingerprint density at radius 1 is 0.446 bits per heavy atom. The van der Waals surface area contributed by atoms with E-state index in [1.165, 1.54) is 22.3 Å². The van der Waals surface area contributed by atoms with Gasteiger partial charge in [-0.3, -0.25) is 9.59 Å². The first-order valence-corrected chi connectivity index (χ1v) is 19.7. The molecule has 56 heavy (non-hydrogen) atoms. The highest BCUT2D eigenvalue weighted by Crippen LogP contribution is 2.49. The molecule has 294 valence electrons. The highest BCUT2D eigenvalue weighted by Gasteiger charge is 2.49. The molecule has 6 heteroatoms. The molecule has 0 saturated carbocycles. The summed E-state index contributed by atoms with van der Waals surface area (Å²) in [5.41, 5.74) is 9.90. The van der Waals surface area contributed by atoms with Crippen molar-refractivity contribution in [3.63, 3.8) is 0 Å². The molecular weight excluding hydrogens is 693 g/mol. The van der Waals surface area contributed by atoms with Crippen LogP contribution in [0.1, 0.15) is 128 Å². The summed E-state index contributed by atoms with van der Waals surface area (Å²) in [6.45, 7) is 27.2. The molecule has 0 atom stereocenters. The minimum absolute atomic E-state index is 0.106. The summed E-state index contributed by atoms with van der Waals surface area (Å²) in [6.07, 6.45) is 0. The highest BCUT2D eigenvalue weighted by molar-refractivity contribution is 6.30. The number of carbonyl (C=O) groups is 2. The van der Waals surface area contributed by atoms with E-state index >= 15 is 9.59 Å². The van der Waals surface area contributed by atoms with Gasteiger partial charge < -0.3 is 19.3 Å². The molecule has 0 aliphatic carbocycles. The maximum atomic E-state index is 15.3. The molecule has 6 rings (SSSR count). The van der Waals surface area contributed by atoms with E-state index in [1.54, 1.807) is 24.0 Å². The van der Waals surface area contributed by atoms with E-state index in [1.807, 2.05) is 48.5 Å². The molecule has 2 heterocycles. The van der Waals surface area contributed by atoms with Crippen molar-refractivity contribution in [2.75, 3.05) is 14.2 Å². The number of nitrogens with zero attached hydrogens (tertiary/aromatic N) is 2. The molecule has 6 nitrogen and oxygen atoms in total. The first-order chi connectivity index (χ1) is 26.0. The second kappa shape index (κ2) is 14.4.